The maximum atomic E-state index is 13.1. The SMILES string of the molecule is Cc1nccn1Cc1ccc(NC(=O)C(Cc2ccccc2)n2nnnc2C)cc1. The summed E-state index contributed by atoms with van der Waals surface area (Å²) in [6, 6.07) is 17.1. The van der Waals surface area contributed by atoms with Crippen molar-refractivity contribution >= 4 is 11.6 Å². The van der Waals surface area contributed by atoms with Crippen LogP contribution < -0.4 is 5.32 Å². The number of tetrazole rings is 1. The smallest absolute Gasteiger partial charge is 0.249 e. The van der Waals surface area contributed by atoms with Crippen LogP contribution in [-0.4, -0.2) is 35.7 Å². The first-order valence-corrected chi connectivity index (χ1v) is 9.76. The molecule has 0 aliphatic carbocycles. The quantitative estimate of drug-likeness (QED) is 0.514. The van der Waals surface area contributed by atoms with Crippen LogP contribution in [0.2, 0.25) is 0 Å². The molecule has 4 aromatic rings. The van der Waals surface area contributed by atoms with Crippen molar-refractivity contribution in [2.24, 2.45) is 0 Å². The Morgan fingerprint density at radius 2 is 1.77 bits per heavy atom. The highest BCUT2D eigenvalue weighted by Crippen LogP contribution is 2.18. The lowest BCUT2D eigenvalue weighted by molar-refractivity contribution is -0.119. The van der Waals surface area contributed by atoms with Crippen molar-refractivity contribution in [2.75, 3.05) is 5.32 Å². The van der Waals surface area contributed by atoms with Gasteiger partial charge in [-0.3, -0.25) is 4.79 Å². The third-order valence-corrected chi connectivity index (χ3v) is 5.03. The Labute approximate surface area is 174 Å². The Morgan fingerprint density at radius 3 is 2.40 bits per heavy atom. The molecule has 152 valence electrons. The molecular formula is C22H23N7O. The Morgan fingerprint density at radius 1 is 1.00 bits per heavy atom. The lowest BCUT2D eigenvalue weighted by Gasteiger charge is -2.18. The fourth-order valence-electron chi connectivity index (χ4n) is 3.34. The number of amides is 1. The van der Waals surface area contributed by atoms with E-state index in [1.807, 2.05) is 67.7 Å². The zero-order chi connectivity index (χ0) is 20.9. The molecule has 1 atom stereocenters. The summed E-state index contributed by atoms with van der Waals surface area (Å²) in [6.07, 6.45) is 4.24. The molecule has 1 N–H and O–H groups in total. The number of rotatable bonds is 7. The van der Waals surface area contributed by atoms with E-state index in [1.54, 1.807) is 17.8 Å². The van der Waals surface area contributed by atoms with E-state index >= 15 is 0 Å². The molecule has 1 amide bonds. The van der Waals surface area contributed by atoms with Crippen LogP contribution in [0, 0.1) is 13.8 Å². The molecule has 8 heteroatoms. The van der Waals surface area contributed by atoms with Crippen molar-refractivity contribution < 1.29 is 4.79 Å². The fourth-order valence-corrected chi connectivity index (χ4v) is 3.34. The molecule has 1 unspecified atom stereocenters. The zero-order valence-corrected chi connectivity index (χ0v) is 16.9. The highest BCUT2D eigenvalue weighted by molar-refractivity contribution is 5.93. The number of hydrogen-bond donors (Lipinski definition) is 1. The summed E-state index contributed by atoms with van der Waals surface area (Å²) in [5, 5.41) is 14.7. The molecule has 0 aliphatic rings. The molecule has 0 fully saturated rings. The first-order chi connectivity index (χ1) is 14.6. The molecular weight excluding hydrogens is 378 g/mol. The molecule has 0 aliphatic heterocycles. The van der Waals surface area contributed by atoms with Crippen LogP contribution in [-0.2, 0) is 17.8 Å². The average Bonchev–Trinajstić information content (AvgIpc) is 3.36. The summed E-state index contributed by atoms with van der Waals surface area (Å²) in [5.74, 6) is 1.40. The van der Waals surface area contributed by atoms with Gasteiger partial charge in [0, 0.05) is 31.0 Å². The van der Waals surface area contributed by atoms with Gasteiger partial charge in [-0.05, 0) is 47.5 Å². The number of carbonyl (C=O) groups is 1. The monoisotopic (exact) mass is 401 g/mol. The third-order valence-electron chi connectivity index (χ3n) is 5.03. The van der Waals surface area contributed by atoms with Crippen molar-refractivity contribution in [1.82, 2.24) is 29.8 Å². The summed E-state index contributed by atoms with van der Waals surface area (Å²) in [7, 11) is 0. The van der Waals surface area contributed by atoms with Gasteiger partial charge in [-0.25, -0.2) is 9.67 Å². The molecule has 2 aromatic heterocycles. The second kappa shape index (κ2) is 8.69. The van der Waals surface area contributed by atoms with E-state index in [4.69, 9.17) is 0 Å². The van der Waals surface area contributed by atoms with Gasteiger partial charge in [-0.2, -0.15) is 0 Å². The summed E-state index contributed by atoms with van der Waals surface area (Å²) >= 11 is 0. The van der Waals surface area contributed by atoms with Gasteiger partial charge in [0.25, 0.3) is 0 Å². The minimum Gasteiger partial charge on any atom is -0.331 e. The predicted octanol–water partition coefficient (Wildman–Crippen LogP) is 2.96. The van der Waals surface area contributed by atoms with Gasteiger partial charge in [0.05, 0.1) is 0 Å². The molecule has 2 aromatic carbocycles. The normalized spacial score (nSPS) is 11.9. The van der Waals surface area contributed by atoms with Crippen LogP contribution >= 0.6 is 0 Å². The second-order valence-corrected chi connectivity index (χ2v) is 7.16. The maximum absolute atomic E-state index is 13.1. The van der Waals surface area contributed by atoms with E-state index < -0.39 is 6.04 Å². The summed E-state index contributed by atoms with van der Waals surface area (Å²) in [5.41, 5.74) is 2.90. The summed E-state index contributed by atoms with van der Waals surface area (Å²) < 4.78 is 3.64. The standard InChI is InChI=1S/C22H23N7O/c1-16-23-12-13-28(16)15-19-8-10-20(11-9-19)24-22(30)21(29-17(2)25-26-27-29)14-18-6-4-3-5-7-18/h3-13,21H,14-15H2,1-2H3,(H,24,30). The van der Waals surface area contributed by atoms with Crippen LogP contribution in [0.5, 0.6) is 0 Å². The lowest BCUT2D eigenvalue weighted by atomic mass is 10.1. The van der Waals surface area contributed by atoms with Crippen LogP contribution in [0.1, 0.15) is 28.8 Å². The van der Waals surface area contributed by atoms with Gasteiger partial charge >= 0.3 is 0 Å². The predicted molar refractivity (Wildman–Crippen MR) is 113 cm³/mol. The van der Waals surface area contributed by atoms with Crippen molar-refractivity contribution in [3.05, 3.63) is 89.8 Å². The number of nitrogens with one attached hydrogen (secondary N) is 1. The van der Waals surface area contributed by atoms with E-state index in [9.17, 15) is 4.79 Å². The Balaban J connectivity index is 1.49. The maximum Gasteiger partial charge on any atom is 0.249 e. The van der Waals surface area contributed by atoms with Gasteiger partial charge in [-0.1, -0.05) is 42.5 Å². The fraction of sp³-hybridized carbons (Fsp3) is 0.227. The number of hydrogen-bond acceptors (Lipinski definition) is 5. The molecule has 2 heterocycles. The van der Waals surface area contributed by atoms with Gasteiger partial charge < -0.3 is 9.88 Å². The zero-order valence-electron chi connectivity index (χ0n) is 16.9. The molecule has 8 nitrogen and oxygen atoms in total. The van der Waals surface area contributed by atoms with E-state index in [2.05, 4.69) is 30.4 Å². The third kappa shape index (κ3) is 4.43. The van der Waals surface area contributed by atoms with E-state index in [0.29, 0.717) is 12.2 Å². The number of nitrogens with zero attached hydrogens (tertiary/aromatic N) is 6. The van der Waals surface area contributed by atoms with Crippen LogP contribution in [0.4, 0.5) is 5.69 Å². The molecule has 30 heavy (non-hydrogen) atoms. The number of carbonyl (C=O) groups excluding carboxylic acids is 1. The van der Waals surface area contributed by atoms with Crippen molar-refractivity contribution in [3.8, 4) is 0 Å². The van der Waals surface area contributed by atoms with Gasteiger partial charge in [0.1, 0.15) is 17.7 Å². The van der Waals surface area contributed by atoms with E-state index in [0.717, 1.165) is 29.2 Å². The number of aryl methyl sites for hydroxylation is 2. The Hall–Kier alpha value is -3.81. The summed E-state index contributed by atoms with van der Waals surface area (Å²) in [4.78, 5) is 17.4. The highest BCUT2D eigenvalue weighted by atomic mass is 16.2. The van der Waals surface area contributed by atoms with Crippen molar-refractivity contribution in [2.45, 2.75) is 32.9 Å². The molecule has 0 saturated carbocycles. The van der Waals surface area contributed by atoms with Gasteiger partial charge in [-0.15, -0.1) is 5.10 Å². The topological polar surface area (TPSA) is 90.5 Å². The number of benzene rings is 2. The second-order valence-electron chi connectivity index (χ2n) is 7.16. The van der Waals surface area contributed by atoms with Gasteiger partial charge in [0.2, 0.25) is 5.91 Å². The molecule has 0 spiro atoms. The van der Waals surface area contributed by atoms with Crippen LogP contribution in [0.15, 0.2) is 67.0 Å². The average molecular weight is 401 g/mol. The molecule has 4 rings (SSSR count). The van der Waals surface area contributed by atoms with Crippen molar-refractivity contribution in [3.63, 3.8) is 0 Å². The minimum atomic E-state index is -0.546. The van der Waals surface area contributed by atoms with Crippen molar-refractivity contribution in [1.29, 1.82) is 0 Å². The summed E-state index contributed by atoms with van der Waals surface area (Å²) in [6.45, 7) is 4.50. The largest absolute Gasteiger partial charge is 0.331 e. The van der Waals surface area contributed by atoms with Gasteiger partial charge in [0.15, 0.2) is 0 Å². The lowest BCUT2D eigenvalue weighted by Crippen LogP contribution is -2.29. The molecule has 0 radical (unpaired) electrons. The molecule has 0 bridgehead atoms. The number of imidazole rings is 1. The van der Waals surface area contributed by atoms with Crippen LogP contribution in [0.25, 0.3) is 0 Å². The van der Waals surface area contributed by atoms with E-state index in [-0.39, 0.29) is 5.91 Å². The minimum absolute atomic E-state index is 0.160. The highest BCUT2D eigenvalue weighted by Gasteiger charge is 2.24. The Kier molecular flexibility index (Phi) is 5.65. The first-order valence-electron chi connectivity index (χ1n) is 9.76. The van der Waals surface area contributed by atoms with E-state index in [1.165, 1.54) is 0 Å². The Bertz CT molecular complexity index is 1120. The first kappa shape index (κ1) is 19.5. The number of anilines is 1. The number of aromatic nitrogens is 6. The van der Waals surface area contributed by atoms with Crippen LogP contribution in [0.3, 0.4) is 0 Å². The molecule has 0 saturated heterocycles.